The van der Waals surface area contributed by atoms with Crippen molar-refractivity contribution in [3.8, 4) is 5.75 Å². The number of hydrogen-bond donors (Lipinski definition) is 0. The minimum atomic E-state index is -0.439. The number of ether oxygens (including phenoxy) is 3. The van der Waals surface area contributed by atoms with Gasteiger partial charge < -0.3 is 14.2 Å². The van der Waals surface area contributed by atoms with Gasteiger partial charge in [-0.15, -0.1) is 0 Å². The second-order valence-electron chi connectivity index (χ2n) is 4.34. The molecule has 4 nitrogen and oxygen atoms in total. The maximum absolute atomic E-state index is 10.8. The molecule has 2 aromatic rings. The third-order valence-corrected chi connectivity index (χ3v) is 2.86. The summed E-state index contributed by atoms with van der Waals surface area (Å²) in [6, 6.07) is 14.1. The minimum Gasteiger partial charge on any atom is -0.491 e. The summed E-state index contributed by atoms with van der Waals surface area (Å²) in [5.41, 5.74) is 0. The molecule has 0 saturated heterocycles. The van der Waals surface area contributed by atoms with Gasteiger partial charge in [-0.3, -0.25) is 0 Å². The van der Waals surface area contributed by atoms with Crippen LogP contribution in [0.15, 0.2) is 55.1 Å². The average Bonchev–Trinajstić information content (AvgIpc) is 2.53. The summed E-state index contributed by atoms with van der Waals surface area (Å²) in [6.45, 7) is 4.77. The lowest BCUT2D eigenvalue weighted by Gasteiger charge is -2.08. The fraction of sp³-hybridized carbons (Fsp3) is 0.235. The summed E-state index contributed by atoms with van der Waals surface area (Å²) in [5, 5.41) is 2.33. The van der Waals surface area contributed by atoms with Crippen LogP contribution in [0.1, 0.15) is 0 Å². The van der Waals surface area contributed by atoms with Crippen LogP contribution in [-0.2, 0) is 14.3 Å². The Labute approximate surface area is 123 Å². The Morgan fingerprint density at radius 3 is 2.57 bits per heavy atom. The second kappa shape index (κ2) is 8.07. The van der Waals surface area contributed by atoms with Crippen molar-refractivity contribution >= 4 is 16.7 Å². The van der Waals surface area contributed by atoms with Crippen LogP contribution in [0.3, 0.4) is 0 Å². The van der Waals surface area contributed by atoms with Crippen LogP contribution in [0.25, 0.3) is 10.8 Å². The highest BCUT2D eigenvalue weighted by Crippen LogP contribution is 2.20. The molecule has 0 heterocycles. The molecule has 0 saturated carbocycles. The monoisotopic (exact) mass is 286 g/mol. The molecule has 21 heavy (non-hydrogen) atoms. The Hall–Kier alpha value is -2.33. The van der Waals surface area contributed by atoms with E-state index in [9.17, 15) is 4.79 Å². The second-order valence-corrected chi connectivity index (χ2v) is 4.34. The lowest BCUT2D eigenvalue weighted by atomic mass is 10.1. The summed E-state index contributed by atoms with van der Waals surface area (Å²) in [6.07, 6.45) is 1.13. The molecule has 4 heteroatoms. The smallest absolute Gasteiger partial charge is 0.330 e. The Morgan fingerprint density at radius 1 is 1.00 bits per heavy atom. The van der Waals surface area contributed by atoms with Gasteiger partial charge in [0.25, 0.3) is 0 Å². The predicted octanol–water partition coefficient (Wildman–Crippen LogP) is 2.96. The predicted molar refractivity (Wildman–Crippen MR) is 81.4 cm³/mol. The third-order valence-electron chi connectivity index (χ3n) is 2.86. The highest BCUT2D eigenvalue weighted by Gasteiger charge is 1.98. The first-order valence-corrected chi connectivity index (χ1v) is 6.78. The standard InChI is InChI=1S/C17H18O4/c1-2-17(18)21-12-10-19-9-11-20-16-8-7-14-5-3-4-6-15(14)13-16/h2-8,13H,1,9-12H2. The maximum atomic E-state index is 10.8. The van der Waals surface area contributed by atoms with Gasteiger partial charge in [0.1, 0.15) is 19.0 Å². The normalized spacial score (nSPS) is 10.3. The summed E-state index contributed by atoms with van der Waals surface area (Å²) in [4.78, 5) is 10.8. The van der Waals surface area contributed by atoms with E-state index >= 15 is 0 Å². The molecule has 0 aliphatic rings. The summed E-state index contributed by atoms with van der Waals surface area (Å²) in [5.74, 6) is 0.376. The maximum Gasteiger partial charge on any atom is 0.330 e. The molecule has 0 amide bonds. The van der Waals surface area contributed by atoms with Crippen LogP contribution in [0.5, 0.6) is 5.75 Å². The van der Waals surface area contributed by atoms with Gasteiger partial charge in [0, 0.05) is 6.08 Å². The SMILES string of the molecule is C=CC(=O)OCCOCCOc1ccc2ccccc2c1. The van der Waals surface area contributed by atoms with Crippen LogP contribution in [0.4, 0.5) is 0 Å². The zero-order chi connectivity index (χ0) is 14.9. The zero-order valence-electron chi connectivity index (χ0n) is 11.8. The fourth-order valence-electron chi connectivity index (χ4n) is 1.84. The number of carbonyl (C=O) groups excluding carboxylic acids is 1. The molecule has 0 aromatic heterocycles. The quantitative estimate of drug-likeness (QED) is 0.425. The van der Waals surface area contributed by atoms with Crippen molar-refractivity contribution in [2.24, 2.45) is 0 Å². The lowest BCUT2D eigenvalue weighted by molar-refractivity contribution is -0.139. The molecular formula is C17H18O4. The van der Waals surface area contributed by atoms with Gasteiger partial charge in [0.05, 0.1) is 13.2 Å². The van der Waals surface area contributed by atoms with Gasteiger partial charge in [0.15, 0.2) is 0 Å². The molecule has 2 rings (SSSR count). The fourth-order valence-corrected chi connectivity index (χ4v) is 1.84. The van der Waals surface area contributed by atoms with E-state index in [1.54, 1.807) is 0 Å². The van der Waals surface area contributed by atoms with E-state index < -0.39 is 5.97 Å². The van der Waals surface area contributed by atoms with Crippen molar-refractivity contribution in [2.45, 2.75) is 0 Å². The van der Waals surface area contributed by atoms with E-state index in [-0.39, 0.29) is 6.61 Å². The molecule has 0 N–H and O–H groups in total. The van der Waals surface area contributed by atoms with Crippen LogP contribution >= 0.6 is 0 Å². The topological polar surface area (TPSA) is 44.8 Å². The highest BCUT2D eigenvalue weighted by molar-refractivity contribution is 5.83. The first-order valence-electron chi connectivity index (χ1n) is 6.78. The molecule has 0 fully saturated rings. The van der Waals surface area contributed by atoms with Crippen LogP contribution in [0, 0.1) is 0 Å². The molecule has 0 atom stereocenters. The van der Waals surface area contributed by atoms with Crippen molar-refractivity contribution in [2.75, 3.05) is 26.4 Å². The van der Waals surface area contributed by atoms with Gasteiger partial charge in [-0.05, 0) is 22.9 Å². The van der Waals surface area contributed by atoms with Crippen molar-refractivity contribution in [3.05, 3.63) is 55.1 Å². The van der Waals surface area contributed by atoms with Crippen molar-refractivity contribution in [1.82, 2.24) is 0 Å². The van der Waals surface area contributed by atoms with Crippen LogP contribution < -0.4 is 4.74 Å². The Kier molecular flexibility index (Phi) is 5.79. The van der Waals surface area contributed by atoms with Gasteiger partial charge in [0.2, 0.25) is 0 Å². The average molecular weight is 286 g/mol. The Bertz CT molecular complexity index is 607. The van der Waals surface area contributed by atoms with Crippen LogP contribution in [0.2, 0.25) is 0 Å². The largest absolute Gasteiger partial charge is 0.491 e. The molecule has 0 unspecified atom stereocenters. The third kappa shape index (κ3) is 4.93. The van der Waals surface area contributed by atoms with Gasteiger partial charge in [-0.1, -0.05) is 36.9 Å². The number of fused-ring (bicyclic) bond motifs is 1. The summed E-state index contributed by atoms with van der Waals surface area (Å²) in [7, 11) is 0. The number of benzene rings is 2. The number of carbonyl (C=O) groups is 1. The molecule has 110 valence electrons. The summed E-state index contributed by atoms with van der Waals surface area (Å²) < 4.78 is 15.7. The number of esters is 1. The van der Waals surface area contributed by atoms with Gasteiger partial charge >= 0.3 is 5.97 Å². The zero-order valence-corrected chi connectivity index (χ0v) is 11.8. The van der Waals surface area contributed by atoms with E-state index in [0.29, 0.717) is 19.8 Å². The molecule has 0 radical (unpaired) electrons. The van der Waals surface area contributed by atoms with E-state index in [2.05, 4.69) is 12.6 Å². The Morgan fingerprint density at radius 2 is 1.76 bits per heavy atom. The van der Waals surface area contributed by atoms with Gasteiger partial charge in [-0.2, -0.15) is 0 Å². The molecule has 0 aliphatic heterocycles. The van der Waals surface area contributed by atoms with Gasteiger partial charge in [-0.25, -0.2) is 4.79 Å². The molecule has 2 aromatic carbocycles. The van der Waals surface area contributed by atoms with E-state index in [1.807, 2.05) is 36.4 Å². The van der Waals surface area contributed by atoms with Crippen LogP contribution in [-0.4, -0.2) is 32.4 Å². The minimum absolute atomic E-state index is 0.223. The van der Waals surface area contributed by atoms with E-state index in [0.717, 1.165) is 17.2 Å². The lowest BCUT2D eigenvalue weighted by Crippen LogP contribution is -2.12. The van der Waals surface area contributed by atoms with Crippen molar-refractivity contribution < 1.29 is 19.0 Å². The highest BCUT2D eigenvalue weighted by atomic mass is 16.6. The molecule has 0 bridgehead atoms. The first kappa shape index (κ1) is 15.1. The molecular weight excluding hydrogens is 268 g/mol. The van der Waals surface area contributed by atoms with Crippen molar-refractivity contribution in [1.29, 1.82) is 0 Å². The molecule has 0 spiro atoms. The van der Waals surface area contributed by atoms with E-state index in [1.165, 1.54) is 5.39 Å². The summed E-state index contributed by atoms with van der Waals surface area (Å²) >= 11 is 0. The first-order chi connectivity index (χ1) is 10.3. The molecule has 0 aliphatic carbocycles. The number of hydrogen-bond acceptors (Lipinski definition) is 4. The van der Waals surface area contributed by atoms with Crippen molar-refractivity contribution in [3.63, 3.8) is 0 Å². The Balaban J connectivity index is 1.66. The van der Waals surface area contributed by atoms with E-state index in [4.69, 9.17) is 14.2 Å². The number of rotatable bonds is 8.